The second-order valence-corrected chi connectivity index (χ2v) is 3.73. The topological polar surface area (TPSA) is 72.2 Å². The second-order valence-electron chi connectivity index (χ2n) is 3.73. The molecule has 5 heteroatoms. The summed E-state index contributed by atoms with van der Waals surface area (Å²) in [4.78, 5) is 21.4. The van der Waals surface area contributed by atoms with Crippen molar-refractivity contribution in [2.45, 2.75) is 38.8 Å². The van der Waals surface area contributed by atoms with E-state index < -0.39 is 6.04 Å². The summed E-state index contributed by atoms with van der Waals surface area (Å²) in [6, 6.07) is -0.922. The summed E-state index contributed by atoms with van der Waals surface area (Å²) in [7, 11) is 0. The average Bonchev–Trinajstić information content (AvgIpc) is 2.03. The Labute approximate surface area is 76.7 Å². The third-order valence-corrected chi connectivity index (χ3v) is 2.40. The molecule has 0 spiro atoms. The summed E-state index contributed by atoms with van der Waals surface area (Å²) in [5.74, 6) is 0.0384. The molecule has 0 saturated carbocycles. The summed E-state index contributed by atoms with van der Waals surface area (Å²) < 4.78 is 0. The molecule has 0 bridgehead atoms. The molecule has 1 fully saturated rings. The minimum atomic E-state index is -0.613. The fourth-order valence-corrected chi connectivity index (χ4v) is 1.66. The van der Waals surface area contributed by atoms with Crippen LogP contribution in [0, 0.1) is 16.0 Å². The molecule has 13 heavy (non-hydrogen) atoms. The molecular formula is C8H14N2O3. The normalized spacial score (nSPS) is 28.7. The molecule has 74 valence electrons. The lowest BCUT2D eigenvalue weighted by Gasteiger charge is -2.29. The van der Waals surface area contributed by atoms with Gasteiger partial charge in [0.05, 0.1) is 6.04 Å². The van der Waals surface area contributed by atoms with E-state index >= 15 is 0 Å². The number of carbonyl (C=O) groups is 1. The SMILES string of the molecule is CC(C)[C@H]1NC(=O)CC[C@@H]1[N+](=O)[O-]. The summed E-state index contributed by atoms with van der Waals surface area (Å²) >= 11 is 0. The number of hydrogen-bond acceptors (Lipinski definition) is 3. The van der Waals surface area contributed by atoms with Gasteiger partial charge in [-0.05, 0) is 5.92 Å². The van der Waals surface area contributed by atoms with E-state index in [4.69, 9.17) is 0 Å². The molecule has 0 aromatic carbocycles. The van der Waals surface area contributed by atoms with E-state index in [1.807, 2.05) is 13.8 Å². The van der Waals surface area contributed by atoms with E-state index in [0.717, 1.165) is 0 Å². The van der Waals surface area contributed by atoms with Crippen LogP contribution in [0.5, 0.6) is 0 Å². The fraction of sp³-hybridized carbons (Fsp3) is 0.875. The highest BCUT2D eigenvalue weighted by molar-refractivity contribution is 5.77. The lowest BCUT2D eigenvalue weighted by atomic mass is 9.90. The van der Waals surface area contributed by atoms with E-state index in [1.165, 1.54) is 0 Å². The van der Waals surface area contributed by atoms with Crippen LogP contribution < -0.4 is 5.32 Å². The molecule has 0 aromatic heterocycles. The molecule has 1 amide bonds. The molecule has 5 nitrogen and oxygen atoms in total. The number of nitrogens with zero attached hydrogens (tertiary/aromatic N) is 1. The van der Waals surface area contributed by atoms with Gasteiger partial charge >= 0.3 is 0 Å². The van der Waals surface area contributed by atoms with Gasteiger partial charge in [0.25, 0.3) is 0 Å². The third kappa shape index (κ3) is 2.17. The van der Waals surface area contributed by atoms with Gasteiger partial charge in [-0.3, -0.25) is 14.9 Å². The predicted octanol–water partition coefficient (Wildman–Crippen LogP) is 0.566. The lowest BCUT2D eigenvalue weighted by Crippen LogP contribution is -2.53. The Balaban J connectivity index is 2.71. The van der Waals surface area contributed by atoms with Crippen molar-refractivity contribution in [2.75, 3.05) is 0 Å². The van der Waals surface area contributed by atoms with Gasteiger partial charge in [0.2, 0.25) is 11.9 Å². The maximum Gasteiger partial charge on any atom is 0.233 e. The smallest absolute Gasteiger partial charge is 0.233 e. The molecule has 0 aromatic rings. The van der Waals surface area contributed by atoms with Crippen LogP contribution in [0.1, 0.15) is 26.7 Å². The van der Waals surface area contributed by atoms with E-state index in [1.54, 1.807) is 0 Å². The zero-order chi connectivity index (χ0) is 10.0. The van der Waals surface area contributed by atoms with Crippen molar-refractivity contribution in [3.63, 3.8) is 0 Å². The van der Waals surface area contributed by atoms with Gasteiger partial charge in [0, 0.05) is 17.8 Å². The first-order valence-corrected chi connectivity index (χ1v) is 4.45. The first-order valence-electron chi connectivity index (χ1n) is 4.45. The molecule has 1 aliphatic rings. The first kappa shape index (κ1) is 9.95. The van der Waals surface area contributed by atoms with Crippen molar-refractivity contribution in [2.24, 2.45) is 5.92 Å². The van der Waals surface area contributed by atoms with Crippen LogP contribution >= 0.6 is 0 Å². The first-order chi connectivity index (χ1) is 6.02. The monoisotopic (exact) mass is 186 g/mol. The lowest BCUT2D eigenvalue weighted by molar-refractivity contribution is -0.530. The zero-order valence-corrected chi connectivity index (χ0v) is 7.82. The summed E-state index contributed by atoms with van der Waals surface area (Å²) in [5, 5.41) is 13.3. The molecule has 2 atom stereocenters. The van der Waals surface area contributed by atoms with Gasteiger partial charge in [0.1, 0.15) is 0 Å². The Bertz CT molecular complexity index is 227. The second kappa shape index (κ2) is 3.72. The molecule has 1 saturated heterocycles. The van der Waals surface area contributed by atoms with Crippen molar-refractivity contribution >= 4 is 5.91 Å². The Morgan fingerprint density at radius 2 is 2.23 bits per heavy atom. The van der Waals surface area contributed by atoms with Crippen molar-refractivity contribution in [3.8, 4) is 0 Å². The standard InChI is InChI=1S/C8H14N2O3/c1-5(2)8-6(10(12)13)3-4-7(11)9-8/h5-6,8H,3-4H2,1-2H3,(H,9,11)/t6-,8+/m0/s1. The van der Waals surface area contributed by atoms with Crippen LogP contribution in [0.4, 0.5) is 0 Å². The average molecular weight is 186 g/mol. The van der Waals surface area contributed by atoms with Crippen LogP contribution in [0.2, 0.25) is 0 Å². The van der Waals surface area contributed by atoms with E-state index in [-0.39, 0.29) is 29.2 Å². The highest BCUT2D eigenvalue weighted by Crippen LogP contribution is 2.18. The molecule has 1 aliphatic heterocycles. The highest BCUT2D eigenvalue weighted by atomic mass is 16.6. The van der Waals surface area contributed by atoms with Gasteiger partial charge < -0.3 is 5.32 Å². The van der Waals surface area contributed by atoms with Crippen LogP contribution in [0.15, 0.2) is 0 Å². The molecule has 1 rings (SSSR count). The van der Waals surface area contributed by atoms with Crippen LogP contribution in [-0.4, -0.2) is 22.9 Å². The Morgan fingerprint density at radius 1 is 1.62 bits per heavy atom. The maximum absolute atomic E-state index is 11.0. The van der Waals surface area contributed by atoms with E-state index in [9.17, 15) is 14.9 Å². The summed E-state index contributed by atoms with van der Waals surface area (Å²) in [6.07, 6.45) is 0.635. The molecule has 1 heterocycles. The van der Waals surface area contributed by atoms with E-state index in [0.29, 0.717) is 6.42 Å². The maximum atomic E-state index is 11.0. The van der Waals surface area contributed by atoms with Crippen molar-refractivity contribution < 1.29 is 9.72 Å². The van der Waals surface area contributed by atoms with Crippen LogP contribution in [0.3, 0.4) is 0 Å². The number of carbonyl (C=O) groups excluding carboxylic acids is 1. The van der Waals surface area contributed by atoms with Crippen molar-refractivity contribution in [3.05, 3.63) is 10.1 Å². The van der Waals surface area contributed by atoms with Gasteiger partial charge in [-0.25, -0.2) is 0 Å². The molecule has 1 N–H and O–H groups in total. The van der Waals surface area contributed by atoms with Crippen molar-refractivity contribution in [1.82, 2.24) is 5.32 Å². The highest BCUT2D eigenvalue weighted by Gasteiger charge is 2.38. The predicted molar refractivity (Wildman–Crippen MR) is 46.8 cm³/mol. The fourth-order valence-electron chi connectivity index (χ4n) is 1.66. The molecule has 0 radical (unpaired) electrons. The number of hydrogen-bond donors (Lipinski definition) is 1. The minimum absolute atomic E-state index is 0.0724. The quantitative estimate of drug-likeness (QED) is 0.506. The Morgan fingerprint density at radius 3 is 2.69 bits per heavy atom. The van der Waals surface area contributed by atoms with Gasteiger partial charge in [0.15, 0.2) is 0 Å². The molecule has 0 unspecified atom stereocenters. The van der Waals surface area contributed by atoms with Crippen molar-refractivity contribution in [1.29, 1.82) is 0 Å². The van der Waals surface area contributed by atoms with E-state index in [2.05, 4.69) is 5.32 Å². The van der Waals surface area contributed by atoms with Crippen LogP contribution in [0.25, 0.3) is 0 Å². The number of nitrogens with one attached hydrogen (secondary N) is 1. The minimum Gasteiger partial charge on any atom is -0.346 e. The zero-order valence-electron chi connectivity index (χ0n) is 7.82. The number of amides is 1. The molecular weight excluding hydrogens is 172 g/mol. The summed E-state index contributed by atoms with van der Waals surface area (Å²) in [6.45, 7) is 3.76. The molecule has 0 aliphatic carbocycles. The Kier molecular flexibility index (Phi) is 2.85. The van der Waals surface area contributed by atoms with Gasteiger partial charge in [-0.2, -0.15) is 0 Å². The van der Waals surface area contributed by atoms with Gasteiger partial charge in [-0.15, -0.1) is 0 Å². The largest absolute Gasteiger partial charge is 0.346 e. The van der Waals surface area contributed by atoms with Gasteiger partial charge in [-0.1, -0.05) is 13.8 Å². The Hall–Kier alpha value is -1.13. The number of piperidine rings is 1. The number of rotatable bonds is 2. The number of nitro groups is 1. The van der Waals surface area contributed by atoms with Crippen LogP contribution in [-0.2, 0) is 4.79 Å². The summed E-state index contributed by atoms with van der Waals surface area (Å²) in [5.41, 5.74) is 0. The third-order valence-electron chi connectivity index (χ3n) is 2.40.